The van der Waals surface area contributed by atoms with Crippen molar-refractivity contribution in [1.82, 2.24) is 15.6 Å². The van der Waals surface area contributed by atoms with Crippen LogP contribution in [0.15, 0.2) is 10.6 Å². The number of hydrogen-bond acceptors (Lipinski definition) is 4. The fourth-order valence-corrected chi connectivity index (χ4v) is 2.08. The number of amides is 1. The number of rotatable bonds is 3. The smallest absolute Gasteiger partial charge is 0.237 e. The Kier molecular flexibility index (Phi) is 3.78. The molecular formula is C12H19N3O2. The predicted octanol–water partition coefficient (Wildman–Crippen LogP) is 0.987. The lowest BCUT2D eigenvalue weighted by Gasteiger charge is -2.26. The highest BCUT2D eigenvalue weighted by molar-refractivity contribution is 5.81. The van der Waals surface area contributed by atoms with Crippen molar-refractivity contribution in [2.45, 2.75) is 39.3 Å². The summed E-state index contributed by atoms with van der Waals surface area (Å²) in [5, 5.41) is 6.07. The molecule has 5 nitrogen and oxygen atoms in total. The zero-order valence-corrected chi connectivity index (χ0v) is 10.3. The quantitative estimate of drug-likeness (QED) is 0.822. The van der Waals surface area contributed by atoms with E-state index in [0.29, 0.717) is 18.4 Å². The highest BCUT2D eigenvalue weighted by Crippen LogP contribution is 2.15. The van der Waals surface area contributed by atoms with Crippen LogP contribution in [0.1, 0.15) is 31.4 Å². The van der Waals surface area contributed by atoms with Gasteiger partial charge >= 0.3 is 0 Å². The second-order valence-electron chi connectivity index (χ2n) is 4.72. The number of aryl methyl sites for hydroxylation is 1. The minimum absolute atomic E-state index is 0.0346. The first-order valence-electron chi connectivity index (χ1n) is 6.07. The average Bonchev–Trinajstić information content (AvgIpc) is 2.72. The lowest BCUT2D eigenvalue weighted by atomic mass is 9.94. The van der Waals surface area contributed by atoms with Crippen LogP contribution in [0.3, 0.4) is 0 Å². The summed E-state index contributed by atoms with van der Waals surface area (Å²) >= 11 is 0. The summed E-state index contributed by atoms with van der Waals surface area (Å²) in [4.78, 5) is 15.9. The largest absolute Gasteiger partial charge is 0.444 e. The summed E-state index contributed by atoms with van der Waals surface area (Å²) < 4.78 is 5.30. The van der Waals surface area contributed by atoms with Gasteiger partial charge in [-0.15, -0.1) is 0 Å². The van der Waals surface area contributed by atoms with Gasteiger partial charge in [0.15, 0.2) is 0 Å². The van der Waals surface area contributed by atoms with Gasteiger partial charge < -0.3 is 15.1 Å². The molecule has 0 aromatic carbocycles. The molecule has 2 atom stereocenters. The molecule has 5 heteroatoms. The molecular weight excluding hydrogens is 218 g/mol. The average molecular weight is 237 g/mol. The number of piperidine rings is 1. The summed E-state index contributed by atoms with van der Waals surface area (Å²) in [6, 6.07) is -0.0743. The number of carbonyl (C=O) groups excluding carboxylic acids is 1. The summed E-state index contributed by atoms with van der Waals surface area (Å²) in [5.41, 5.74) is 0. The van der Waals surface area contributed by atoms with Gasteiger partial charge in [-0.25, -0.2) is 4.98 Å². The van der Waals surface area contributed by atoms with Crippen LogP contribution >= 0.6 is 0 Å². The Hall–Kier alpha value is -1.36. The molecule has 2 unspecified atom stereocenters. The van der Waals surface area contributed by atoms with Crippen molar-refractivity contribution in [3.63, 3.8) is 0 Å². The van der Waals surface area contributed by atoms with E-state index in [9.17, 15) is 4.79 Å². The van der Waals surface area contributed by atoms with Crippen LogP contribution in [0, 0.1) is 12.8 Å². The minimum Gasteiger partial charge on any atom is -0.444 e. The molecule has 1 fully saturated rings. The van der Waals surface area contributed by atoms with E-state index in [1.165, 1.54) is 0 Å². The lowest BCUT2D eigenvalue weighted by Crippen LogP contribution is -2.48. The van der Waals surface area contributed by atoms with Crippen molar-refractivity contribution in [2.24, 2.45) is 5.92 Å². The Balaban J connectivity index is 1.80. The molecule has 2 heterocycles. The highest BCUT2D eigenvalue weighted by Gasteiger charge is 2.24. The van der Waals surface area contributed by atoms with Gasteiger partial charge in [0.25, 0.3) is 0 Å². The van der Waals surface area contributed by atoms with Crippen molar-refractivity contribution >= 4 is 5.91 Å². The van der Waals surface area contributed by atoms with E-state index in [1.807, 2.05) is 6.92 Å². The van der Waals surface area contributed by atoms with E-state index in [-0.39, 0.29) is 11.9 Å². The van der Waals surface area contributed by atoms with Gasteiger partial charge in [0.05, 0.1) is 18.8 Å². The second kappa shape index (κ2) is 5.31. The number of hydrogen-bond donors (Lipinski definition) is 2. The van der Waals surface area contributed by atoms with Crippen molar-refractivity contribution in [2.75, 3.05) is 6.54 Å². The molecule has 17 heavy (non-hydrogen) atoms. The molecule has 1 amide bonds. The van der Waals surface area contributed by atoms with E-state index in [4.69, 9.17) is 4.42 Å². The van der Waals surface area contributed by atoms with E-state index in [1.54, 1.807) is 6.20 Å². The van der Waals surface area contributed by atoms with Gasteiger partial charge in [0.1, 0.15) is 5.76 Å². The highest BCUT2D eigenvalue weighted by atomic mass is 16.4. The van der Waals surface area contributed by atoms with Crippen LogP contribution in [0.4, 0.5) is 0 Å². The third-order valence-electron chi connectivity index (χ3n) is 3.07. The van der Waals surface area contributed by atoms with Gasteiger partial charge in [0.2, 0.25) is 11.8 Å². The van der Waals surface area contributed by atoms with Crippen LogP contribution in [0.25, 0.3) is 0 Å². The van der Waals surface area contributed by atoms with Crippen LogP contribution in [0.2, 0.25) is 0 Å². The normalized spacial score (nSPS) is 24.6. The predicted molar refractivity (Wildman–Crippen MR) is 63.3 cm³/mol. The molecule has 2 N–H and O–H groups in total. The zero-order chi connectivity index (χ0) is 12.3. The van der Waals surface area contributed by atoms with Crippen LogP contribution in [0.5, 0.6) is 0 Å². The number of nitrogens with one attached hydrogen (secondary N) is 2. The molecule has 0 saturated carbocycles. The number of aromatic nitrogens is 1. The Labute approximate surface area is 101 Å². The first-order valence-corrected chi connectivity index (χ1v) is 6.07. The first-order chi connectivity index (χ1) is 8.15. The molecule has 0 aliphatic carbocycles. The van der Waals surface area contributed by atoms with Crippen LogP contribution in [-0.4, -0.2) is 23.5 Å². The molecule has 1 aromatic heterocycles. The van der Waals surface area contributed by atoms with E-state index < -0.39 is 0 Å². The number of carbonyl (C=O) groups is 1. The number of nitrogens with zero attached hydrogens (tertiary/aromatic N) is 1. The van der Waals surface area contributed by atoms with Crippen molar-refractivity contribution in [1.29, 1.82) is 0 Å². The molecule has 2 rings (SSSR count). The third kappa shape index (κ3) is 3.30. The van der Waals surface area contributed by atoms with Crippen LogP contribution in [-0.2, 0) is 11.3 Å². The van der Waals surface area contributed by atoms with Crippen molar-refractivity contribution in [3.8, 4) is 0 Å². The van der Waals surface area contributed by atoms with E-state index in [2.05, 4.69) is 22.5 Å². The SMILES string of the molecule is Cc1cnc(CNC(=O)C2CC(C)CCN2)o1. The van der Waals surface area contributed by atoms with Gasteiger partial charge in [0, 0.05) is 0 Å². The third-order valence-corrected chi connectivity index (χ3v) is 3.07. The Morgan fingerprint density at radius 1 is 1.71 bits per heavy atom. The van der Waals surface area contributed by atoms with Gasteiger partial charge in [-0.05, 0) is 32.2 Å². The molecule has 1 aromatic rings. The number of oxazole rings is 1. The van der Waals surface area contributed by atoms with E-state index >= 15 is 0 Å². The van der Waals surface area contributed by atoms with Gasteiger partial charge in [-0.1, -0.05) is 6.92 Å². The standard InChI is InChI=1S/C12H19N3O2/c1-8-3-4-13-10(5-8)12(16)15-7-11-14-6-9(2)17-11/h6,8,10,13H,3-5,7H2,1-2H3,(H,15,16). The molecule has 0 bridgehead atoms. The van der Waals surface area contributed by atoms with Gasteiger partial charge in [-0.2, -0.15) is 0 Å². The minimum atomic E-state index is -0.0743. The topological polar surface area (TPSA) is 67.2 Å². The summed E-state index contributed by atoms with van der Waals surface area (Å²) in [6.07, 6.45) is 3.70. The van der Waals surface area contributed by atoms with Crippen molar-refractivity contribution < 1.29 is 9.21 Å². The van der Waals surface area contributed by atoms with E-state index in [0.717, 1.165) is 25.1 Å². The maximum Gasteiger partial charge on any atom is 0.237 e. The zero-order valence-electron chi connectivity index (χ0n) is 10.3. The second-order valence-corrected chi connectivity index (χ2v) is 4.72. The fraction of sp³-hybridized carbons (Fsp3) is 0.667. The molecule has 0 radical (unpaired) electrons. The van der Waals surface area contributed by atoms with Crippen molar-refractivity contribution in [3.05, 3.63) is 17.8 Å². The van der Waals surface area contributed by atoms with Crippen LogP contribution < -0.4 is 10.6 Å². The molecule has 1 aliphatic rings. The fourth-order valence-electron chi connectivity index (χ4n) is 2.08. The molecule has 94 valence electrons. The van der Waals surface area contributed by atoms with Gasteiger partial charge in [-0.3, -0.25) is 4.79 Å². The molecule has 0 spiro atoms. The molecule has 1 saturated heterocycles. The Bertz CT molecular complexity index is 389. The first kappa shape index (κ1) is 12.1. The lowest BCUT2D eigenvalue weighted by molar-refractivity contribution is -0.124. The Morgan fingerprint density at radius 3 is 3.18 bits per heavy atom. The maximum absolute atomic E-state index is 11.9. The summed E-state index contributed by atoms with van der Waals surface area (Å²) in [6.45, 7) is 5.29. The summed E-state index contributed by atoms with van der Waals surface area (Å²) in [5.74, 6) is 1.96. The maximum atomic E-state index is 11.9. The summed E-state index contributed by atoms with van der Waals surface area (Å²) in [7, 11) is 0. The molecule has 1 aliphatic heterocycles. The monoisotopic (exact) mass is 237 g/mol. The Morgan fingerprint density at radius 2 is 2.53 bits per heavy atom.